The van der Waals surface area contributed by atoms with Gasteiger partial charge in [-0.2, -0.15) is 0 Å². The second kappa shape index (κ2) is 4.67. The Bertz CT molecular complexity index is 214. The molecule has 0 N–H and O–H groups in total. The first kappa shape index (κ1) is 7.99. The number of aryl methyl sites for hydroxylation is 1. The van der Waals surface area contributed by atoms with Gasteiger partial charge in [0.2, 0.25) is 0 Å². The van der Waals surface area contributed by atoms with Crippen molar-refractivity contribution in [3.63, 3.8) is 0 Å². The van der Waals surface area contributed by atoms with Crippen molar-refractivity contribution in [3.05, 3.63) is 42.2 Å². The van der Waals surface area contributed by atoms with Crippen LogP contribution in [0.3, 0.4) is 0 Å². The van der Waals surface area contributed by atoms with E-state index < -0.39 is 0 Å². The van der Waals surface area contributed by atoms with Crippen molar-refractivity contribution in [1.82, 2.24) is 4.98 Å². The molecule has 0 saturated heterocycles. The lowest BCUT2D eigenvalue weighted by Crippen LogP contribution is -1.82. The second-order valence-electron chi connectivity index (χ2n) is 2.46. The van der Waals surface area contributed by atoms with E-state index in [-0.39, 0.29) is 0 Å². The fourth-order valence-electron chi connectivity index (χ4n) is 0.966. The molecule has 0 bridgehead atoms. The quantitative estimate of drug-likeness (QED) is 0.599. The molecule has 0 aliphatic carbocycles. The maximum atomic E-state index is 3.96. The molecule has 1 heterocycles. The Kier molecular flexibility index (Phi) is 3.39. The number of hydrogen-bond donors (Lipinski definition) is 0. The van der Waals surface area contributed by atoms with Gasteiger partial charge in [0, 0.05) is 12.4 Å². The second-order valence-corrected chi connectivity index (χ2v) is 2.46. The SMILES string of the molecule is CC=CCCc1ccncc1. The Morgan fingerprint density at radius 3 is 2.73 bits per heavy atom. The lowest BCUT2D eigenvalue weighted by atomic mass is 10.1. The maximum absolute atomic E-state index is 3.96. The maximum Gasteiger partial charge on any atom is 0.0270 e. The molecule has 1 nitrogen and oxygen atoms in total. The molecule has 0 spiro atoms. The van der Waals surface area contributed by atoms with Gasteiger partial charge in [-0.3, -0.25) is 4.98 Å². The van der Waals surface area contributed by atoms with E-state index in [1.807, 2.05) is 19.3 Å². The highest BCUT2D eigenvalue weighted by molar-refractivity contribution is 5.10. The van der Waals surface area contributed by atoms with E-state index in [2.05, 4.69) is 29.3 Å². The Labute approximate surface area is 67.8 Å². The summed E-state index contributed by atoms with van der Waals surface area (Å²) in [6, 6.07) is 4.12. The first-order chi connectivity index (χ1) is 5.43. The van der Waals surface area contributed by atoms with Gasteiger partial charge in [-0.1, -0.05) is 12.2 Å². The van der Waals surface area contributed by atoms with Crippen molar-refractivity contribution in [2.24, 2.45) is 0 Å². The van der Waals surface area contributed by atoms with Gasteiger partial charge in [-0.25, -0.2) is 0 Å². The molecule has 1 aromatic rings. The first-order valence-corrected chi connectivity index (χ1v) is 3.93. The highest BCUT2D eigenvalue weighted by Gasteiger charge is 1.87. The normalized spacial score (nSPS) is 10.6. The van der Waals surface area contributed by atoms with Gasteiger partial charge >= 0.3 is 0 Å². The molecule has 58 valence electrons. The monoisotopic (exact) mass is 147 g/mol. The van der Waals surface area contributed by atoms with Gasteiger partial charge in [0.15, 0.2) is 0 Å². The Morgan fingerprint density at radius 1 is 1.36 bits per heavy atom. The number of pyridine rings is 1. The standard InChI is InChI=1S/C10H13N/c1-2-3-4-5-10-6-8-11-9-7-10/h2-3,6-9H,4-5H2,1H3. The highest BCUT2D eigenvalue weighted by Crippen LogP contribution is 2.00. The van der Waals surface area contributed by atoms with Crippen LogP contribution in [0.15, 0.2) is 36.7 Å². The minimum atomic E-state index is 1.12. The third-order valence-corrected chi connectivity index (χ3v) is 1.58. The zero-order valence-corrected chi connectivity index (χ0v) is 6.83. The van der Waals surface area contributed by atoms with Crippen molar-refractivity contribution in [2.75, 3.05) is 0 Å². The average Bonchev–Trinajstić information content (AvgIpc) is 2.07. The lowest BCUT2D eigenvalue weighted by Gasteiger charge is -1.94. The summed E-state index contributed by atoms with van der Waals surface area (Å²) < 4.78 is 0. The summed E-state index contributed by atoms with van der Waals surface area (Å²) >= 11 is 0. The molecule has 0 atom stereocenters. The predicted molar refractivity (Wildman–Crippen MR) is 47.4 cm³/mol. The van der Waals surface area contributed by atoms with Crippen molar-refractivity contribution in [1.29, 1.82) is 0 Å². The van der Waals surface area contributed by atoms with Gasteiger partial charge in [-0.05, 0) is 37.5 Å². The van der Waals surface area contributed by atoms with Crippen molar-refractivity contribution in [2.45, 2.75) is 19.8 Å². The Balaban J connectivity index is 2.39. The smallest absolute Gasteiger partial charge is 0.0270 e. The van der Waals surface area contributed by atoms with E-state index in [0.29, 0.717) is 0 Å². The predicted octanol–water partition coefficient (Wildman–Crippen LogP) is 2.59. The van der Waals surface area contributed by atoms with Crippen LogP contribution in [0.25, 0.3) is 0 Å². The van der Waals surface area contributed by atoms with Gasteiger partial charge in [-0.15, -0.1) is 0 Å². The summed E-state index contributed by atoms with van der Waals surface area (Å²) in [5, 5.41) is 0. The van der Waals surface area contributed by atoms with Crippen LogP contribution in [0, 0.1) is 0 Å². The molecular weight excluding hydrogens is 134 g/mol. The topological polar surface area (TPSA) is 12.9 Å². The van der Waals surface area contributed by atoms with E-state index in [1.165, 1.54) is 5.56 Å². The van der Waals surface area contributed by atoms with Crippen molar-refractivity contribution in [3.8, 4) is 0 Å². The van der Waals surface area contributed by atoms with Crippen molar-refractivity contribution >= 4 is 0 Å². The summed E-state index contributed by atoms with van der Waals surface area (Å²) in [6.07, 6.45) is 10.2. The minimum Gasteiger partial charge on any atom is -0.265 e. The molecule has 1 aromatic heterocycles. The zero-order valence-electron chi connectivity index (χ0n) is 6.83. The third-order valence-electron chi connectivity index (χ3n) is 1.58. The molecule has 11 heavy (non-hydrogen) atoms. The van der Waals surface area contributed by atoms with Crippen LogP contribution in [-0.4, -0.2) is 4.98 Å². The molecule has 0 aromatic carbocycles. The molecule has 0 aliphatic heterocycles. The first-order valence-electron chi connectivity index (χ1n) is 3.93. The van der Waals surface area contributed by atoms with Crippen LogP contribution in [0.2, 0.25) is 0 Å². The molecule has 0 amide bonds. The molecule has 0 fully saturated rings. The molecule has 0 unspecified atom stereocenters. The minimum absolute atomic E-state index is 1.12. The number of allylic oxidation sites excluding steroid dienone is 2. The van der Waals surface area contributed by atoms with Crippen LogP contribution in [0.5, 0.6) is 0 Å². The molecular formula is C10H13N. The van der Waals surface area contributed by atoms with E-state index >= 15 is 0 Å². The summed E-state index contributed by atoms with van der Waals surface area (Å²) in [5.74, 6) is 0. The number of aromatic nitrogens is 1. The number of nitrogens with zero attached hydrogens (tertiary/aromatic N) is 1. The van der Waals surface area contributed by atoms with Gasteiger partial charge in [0.05, 0.1) is 0 Å². The molecule has 1 heteroatoms. The van der Waals surface area contributed by atoms with E-state index in [4.69, 9.17) is 0 Å². The fourth-order valence-corrected chi connectivity index (χ4v) is 0.966. The molecule has 1 rings (SSSR count). The van der Waals surface area contributed by atoms with Crippen LogP contribution in [0.1, 0.15) is 18.9 Å². The van der Waals surface area contributed by atoms with E-state index in [9.17, 15) is 0 Å². The molecule has 0 radical (unpaired) electrons. The molecule has 0 aliphatic rings. The summed E-state index contributed by atoms with van der Waals surface area (Å²) in [7, 11) is 0. The van der Waals surface area contributed by atoms with Crippen LogP contribution in [-0.2, 0) is 6.42 Å². The van der Waals surface area contributed by atoms with Gasteiger partial charge in [0.25, 0.3) is 0 Å². The lowest BCUT2D eigenvalue weighted by molar-refractivity contribution is 0.993. The third kappa shape index (κ3) is 2.99. The van der Waals surface area contributed by atoms with Crippen molar-refractivity contribution < 1.29 is 0 Å². The highest BCUT2D eigenvalue weighted by atomic mass is 14.6. The Hall–Kier alpha value is -1.11. The largest absolute Gasteiger partial charge is 0.265 e. The van der Waals surface area contributed by atoms with Gasteiger partial charge < -0.3 is 0 Å². The molecule has 0 saturated carbocycles. The number of rotatable bonds is 3. The van der Waals surface area contributed by atoms with E-state index in [1.54, 1.807) is 0 Å². The van der Waals surface area contributed by atoms with Crippen LogP contribution >= 0.6 is 0 Å². The van der Waals surface area contributed by atoms with E-state index in [0.717, 1.165) is 12.8 Å². The van der Waals surface area contributed by atoms with Gasteiger partial charge in [0.1, 0.15) is 0 Å². The zero-order chi connectivity index (χ0) is 7.94. The van der Waals surface area contributed by atoms with Crippen LogP contribution in [0.4, 0.5) is 0 Å². The summed E-state index contributed by atoms with van der Waals surface area (Å²) in [6.45, 7) is 2.05. The summed E-state index contributed by atoms with van der Waals surface area (Å²) in [4.78, 5) is 3.96. The number of hydrogen-bond acceptors (Lipinski definition) is 1. The average molecular weight is 147 g/mol. The van der Waals surface area contributed by atoms with Crippen LogP contribution < -0.4 is 0 Å². The summed E-state index contributed by atoms with van der Waals surface area (Å²) in [5.41, 5.74) is 1.36. The fraction of sp³-hybridized carbons (Fsp3) is 0.300. The Morgan fingerprint density at radius 2 is 2.09 bits per heavy atom.